The minimum Gasteiger partial charge on any atom is -0.472 e. The number of rotatable bonds is 4. The highest BCUT2D eigenvalue weighted by Gasteiger charge is 2.18. The summed E-state index contributed by atoms with van der Waals surface area (Å²) in [4.78, 5) is 11.5. The van der Waals surface area contributed by atoms with E-state index in [0.717, 1.165) is 10.2 Å². The van der Waals surface area contributed by atoms with E-state index in [9.17, 15) is 4.79 Å². The summed E-state index contributed by atoms with van der Waals surface area (Å²) < 4.78 is 13.4. The van der Waals surface area contributed by atoms with Crippen molar-refractivity contribution in [3.05, 3.63) is 10.2 Å². The predicted octanol–water partition coefficient (Wildman–Crippen LogP) is 2.78. The Labute approximate surface area is 127 Å². The van der Waals surface area contributed by atoms with Crippen LogP contribution in [0.4, 0.5) is 4.79 Å². The molecule has 0 unspecified atom stereocenters. The summed E-state index contributed by atoms with van der Waals surface area (Å²) >= 11 is 3.43. The van der Waals surface area contributed by atoms with E-state index in [1.165, 1.54) is 0 Å². The third kappa shape index (κ3) is 5.03. The summed E-state index contributed by atoms with van der Waals surface area (Å²) in [7, 11) is 1.81. The zero-order valence-corrected chi connectivity index (χ0v) is 14.4. The van der Waals surface area contributed by atoms with Gasteiger partial charge in [-0.1, -0.05) is 0 Å². The van der Waals surface area contributed by atoms with Gasteiger partial charge in [0.1, 0.15) is 16.2 Å². The summed E-state index contributed by atoms with van der Waals surface area (Å²) in [5, 5.41) is 6.91. The largest absolute Gasteiger partial charge is 0.472 e. The Morgan fingerprint density at radius 1 is 1.50 bits per heavy atom. The number of aromatic nitrogens is 2. The standard InChI is InChI=1S/C13H22BrN3O3/c1-8(7-15-12(18)20-13(3,4)5)19-11-10(14)9(2)16-17(11)6/h8H,7H2,1-6H3,(H,15,18)/t8-/m0/s1. The van der Waals surface area contributed by atoms with Gasteiger partial charge < -0.3 is 14.8 Å². The van der Waals surface area contributed by atoms with E-state index in [0.29, 0.717) is 12.4 Å². The van der Waals surface area contributed by atoms with Crippen molar-refractivity contribution >= 4 is 22.0 Å². The van der Waals surface area contributed by atoms with Gasteiger partial charge in [0.15, 0.2) is 0 Å². The van der Waals surface area contributed by atoms with Crippen molar-refractivity contribution < 1.29 is 14.3 Å². The second-order valence-electron chi connectivity index (χ2n) is 5.64. The normalized spacial score (nSPS) is 12.9. The average Bonchev–Trinajstić information content (AvgIpc) is 2.51. The predicted molar refractivity (Wildman–Crippen MR) is 80.0 cm³/mol. The van der Waals surface area contributed by atoms with Crippen LogP contribution < -0.4 is 10.1 Å². The first-order valence-electron chi connectivity index (χ1n) is 6.42. The molecule has 0 radical (unpaired) electrons. The topological polar surface area (TPSA) is 65.4 Å². The van der Waals surface area contributed by atoms with Crippen LogP contribution in [0, 0.1) is 6.92 Å². The highest BCUT2D eigenvalue weighted by molar-refractivity contribution is 9.10. The highest BCUT2D eigenvalue weighted by atomic mass is 79.9. The van der Waals surface area contributed by atoms with Crippen molar-refractivity contribution in [3.63, 3.8) is 0 Å². The van der Waals surface area contributed by atoms with Crippen molar-refractivity contribution in [2.75, 3.05) is 6.54 Å². The van der Waals surface area contributed by atoms with E-state index >= 15 is 0 Å². The lowest BCUT2D eigenvalue weighted by Gasteiger charge is -2.21. The number of nitrogens with one attached hydrogen (secondary N) is 1. The molecular weight excluding hydrogens is 326 g/mol. The first-order valence-corrected chi connectivity index (χ1v) is 7.22. The summed E-state index contributed by atoms with van der Waals surface area (Å²) in [6.45, 7) is 9.57. The zero-order chi connectivity index (χ0) is 15.5. The molecule has 0 aromatic carbocycles. The second kappa shape index (κ2) is 6.47. The maximum Gasteiger partial charge on any atom is 0.407 e. The van der Waals surface area contributed by atoms with Gasteiger partial charge in [0.25, 0.3) is 0 Å². The number of alkyl carbamates (subject to hydrolysis) is 1. The van der Waals surface area contributed by atoms with Crippen LogP contribution in [-0.4, -0.2) is 34.1 Å². The number of carbonyl (C=O) groups excluding carboxylic acids is 1. The fraction of sp³-hybridized carbons (Fsp3) is 0.692. The summed E-state index contributed by atoms with van der Waals surface area (Å²) in [5.74, 6) is 0.640. The van der Waals surface area contributed by atoms with Gasteiger partial charge in [0.05, 0.1) is 12.2 Å². The maximum absolute atomic E-state index is 11.5. The number of ether oxygens (including phenoxy) is 2. The molecule has 0 spiro atoms. The summed E-state index contributed by atoms with van der Waals surface area (Å²) in [5.41, 5.74) is 0.353. The smallest absolute Gasteiger partial charge is 0.407 e. The van der Waals surface area contributed by atoms with Crippen LogP contribution in [0.15, 0.2) is 4.47 Å². The first-order chi connectivity index (χ1) is 9.10. The van der Waals surface area contributed by atoms with Gasteiger partial charge in [0.2, 0.25) is 5.88 Å². The molecule has 0 aliphatic rings. The van der Waals surface area contributed by atoms with E-state index < -0.39 is 11.7 Å². The minimum atomic E-state index is -0.504. The number of nitrogens with zero attached hydrogens (tertiary/aromatic N) is 2. The van der Waals surface area contributed by atoms with Gasteiger partial charge in [-0.15, -0.1) is 0 Å². The molecule has 0 saturated carbocycles. The molecule has 20 heavy (non-hydrogen) atoms. The Kier molecular flexibility index (Phi) is 5.44. The molecule has 7 heteroatoms. The molecule has 1 heterocycles. The molecule has 1 rings (SSSR count). The molecule has 0 saturated heterocycles. The number of hydrogen-bond donors (Lipinski definition) is 1. The number of halogens is 1. The monoisotopic (exact) mass is 347 g/mol. The van der Waals surface area contributed by atoms with Crippen molar-refractivity contribution in [1.82, 2.24) is 15.1 Å². The maximum atomic E-state index is 11.5. The highest BCUT2D eigenvalue weighted by Crippen LogP contribution is 2.28. The Morgan fingerprint density at radius 2 is 2.10 bits per heavy atom. The van der Waals surface area contributed by atoms with Crippen LogP contribution in [0.2, 0.25) is 0 Å². The number of aryl methyl sites for hydroxylation is 2. The molecule has 1 aromatic rings. The van der Waals surface area contributed by atoms with E-state index in [1.807, 2.05) is 34.6 Å². The fourth-order valence-electron chi connectivity index (χ4n) is 1.51. The van der Waals surface area contributed by atoms with Gasteiger partial charge in [0, 0.05) is 7.05 Å². The summed E-state index contributed by atoms with van der Waals surface area (Å²) in [6, 6.07) is 0. The van der Waals surface area contributed by atoms with Crippen LogP contribution in [-0.2, 0) is 11.8 Å². The van der Waals surface area contributed by atoms with Crippen molar-refractivity contribution in [3.8, 4) is 5.88 Å². The lowest BCUT2D eigenvalue weighted by atomic mass is 10.2. The quantitative estimate of drug-likeness (QED) is 0.909. The Morgan fingerprint density at radius 3 is 2.55 bits per heavy atom. The Balaban J connectivity index is 2.48. The average molecular weight is 348 g/mol. The fourth-order valence-corrected chi connectivity index (χ4v) is 1.94. The summed E-state index contributed by atoms with van der Waals surface area (Å²) in [6.07, 6.45) is -0.651. The second-order valence-corrected chi connectivity index (χ2v) is 6.43. The molecule has 1 atom stereocenters. The molecular formula is C13H22BrN3O3. The Bertz CT molecular complexity index is 480. The van der Waals surface area contributed by atoms with Crippen molar-refractivity contribution in [2.45, 2.75) is 46.3 Å². The molecule has 0 fully saturated rings. The van der Waals surface area contributed by atoms with Crippen LogP contribution >= 0.6 is 15.9 Å². The molecule has 1 N–H and O–H groups in total. The lowest BCUT2D eigenvalue weighted by molar-refractivity contribution is 0.0503. The van der Waals surface area contributed by atoms with Crippen molar-refractivity contribution in [2.24, 2.45) is 7.05 Å². The number of carbonyl (C=O) groups is 1. The van der Waals surface area contributed by atoms with Crippen LogP contribution in [0.1, 0.15) is 33.4 Å². The number of hydrogen-bond acceptors (Lipinski definition) is 4. The first kappa shape index (κ1) is 16.8. The molecule has 114 valence electrons. The van der Waals surface area contributed by atoms with Gasteiger partial charge >= 0.3 is 6.09 Å². The molecule has 0 aliphatic carbocycles. The molecule has 6 nitrogen and oxygen atoms in total. The minimum absolute atomic E-state index is 0.200. The molecule has 0 bridgehead atoms. The molecule has 0 aliphatic heterocycles. The van der Waals surface area contributed by atoms with Gasteiger partial charge in [-0.3, -0.25) is 0 Å². The van der Waals surface area contributed by atoms with Crippen molar-refractivity contribution in [1.29, 1.82) is 0 Å². The van der Waals surface area contributed by atoms with E-state index in [-0.39, 0.29) is 6.10 Å². The Hall–Kier alpha value is -1.24. The van der Waals surface area contributed by atoms with Crippen LogP contribution in [0.5, 0.6) is 5.88 Å². The van der Waals surface area contributed by atoms with Gasteiger partial charge in [-0.2, -0.15) is 5.10 Å². The van der Waals surface area contributed by atoms with Crippen LogP contribution in [0.25, 0.3) is 0 Å². The SMILES string of the molecule is Cc1nn(C)c(O[C@@H](C)CNC(=O)OC(C)(C)C)c1Br. The van der Waals surface area contributed by atoms with Crippen LogP contribution in [0.3, 0.4) is 0 Å². The van der Waals surface area contributed by atoms with Gasteiger partial charge in [-0.25, -0.2) is 9.48 Å². The third-order valence-electron chi connectivity index (χ3n) is 2.34. The van der Waals surface area contributed by atoms with E-state index in [1.54, 1.807) is 11.7 Å². The van der Waals surface area contributed by atoms with E-state index in [4.69, 9.17) is 9.47 Å². The van der Waals surface area contributed by atoms with E-state index in [2.05, 4.69) is 26.3 Å². The van der Waals surface area contributed by atoms with Gasteiger partial charge in [-0.05, 0) is 50.5 Å². The zero-order valence-electron chi connectivity index (χ0n) is 12.8. The third-order valence-corrected chi connectivity index (χ3v) is 3.26. The lowest BCUT2D eigenvalue weighted by Crippen LogP contribution is -2.37. The molecule has 1 amide bonds. The molecule has 1 aromatic heterocycles. The number of amides is 1.